The van der Waals surface area contributed by atoms with Crippen LogP contribution in [0.15, 0.2) is 24.5 Å². The van der Waals surface area contributed by atoms with Crippen LogP contribution in [-0.2, 0) is 11.0 Å². The zero-order valence-corrected chi connectivity index (χ0v) is 22.0. The molecule has 1 unspecified atom stereocenters. The molecule has 0 bridgehead atoms. The number of hydrogen-bond acceptors (Lipinski definition) is 6. The minimum Gasteiger partial charge on any atom is -0.382 e. The lowest BCUT2D eigenvalue weighted by atomic mass is 10.0. The van der Waals surface area contributed by atoms with Crippen LogP contribution in [0.25, 0.3) is 16.8 Å². The number of anilines is 1. The molecule has 1 saturated heterocycles. The molecule has 17 heteroatoms. The van der Waals surface area contributed by atoms with Gasteiger partial charge in [0.2, 0.25) is 5.91 Å². The minimum atomic E-state index is -5.10. The first kappa shape index (κ1) is 30.3. The van der Waals surface area contributed by atoms with Crippen LogP contribution >= 0.6 is 11.6 Å². The van der Waals surface area contributed by atoms with Gasteiger partial charge in [-0.3, -0.25) is 9.59 Å². The van der Waals surface area contributed by atoms with Crippen LogP contribution in [0.3, 0.4) is 0 Å². The Hall–Kier alpha value is -3.66. The van der Waals surface area contributed by atoms with Crippen molar-refractivity contribution >= 4 is 34.7 Å². The number of carbonyl (C=O) groups is 2. The van der Waals surface area contributed by atoms with Gasteiger partial charge in [0.25, 0.3) is 5.91 Å². The van der Waals surface area contributed by atoms with E-state index in [1.54, 1.807) is 0 Å². The molecule has 1 fully saturated rings. The fourth-order valence-electron chi connectivity index (χ4n) is 4.43. The normalized spacial score (nSPS) is 19.4. The van der Waals surface area contributed by atoms with Gasteiger partial charge in [-0.2, -0.15) is 31.4 Å². The van der Waals surface area contributed by atoms with Crippen molar-refractivity contribution in [1.29, 1.82) is 0 Å². The number of amides is 2. The lowest BCUT2D eigenvalue weighted by molar-refractivity contribution is -0.254. The van der Waals surface area contributed by atoms with Crippen molar-refractivity contribution in [3.8, 4) is 11.3 Å². The number of alkyl halides is 7. The summed E-state index contributed by atoms with van der Waals surface area (Å²) in [7, 11) is 0. The van der Waals surface area contributed by atoms with E-state index >= 15 is 0 Å². The Morgan fingerprint density at radius 1 is 1.17 bits per heavy atom. The summed E-state index contributed by atoms with van der Waals surface area (Å²) in [5, 5.41) is 15.7. The number of carbonyl (C=O) groups excluding carboxylic acids is 2. The average molecular weight is 611 g/mol. The maximum atomic E-state index is 14.7. The maximum absolute atomic E-state index is 14.7. The maximum Gasteiger partial charge on any atom is 0.418 e. The highest BCUT2D eigenvalue weighted by Gasteiger charge is 2.52. The predicted molar refractivity (Wildman–Crippen MR) is 132 cm³/mol. The quantitative estimate of drug-likeness (QED) is 0.376. The van der Waals surface area contributed by atoms with Crippen LogP contribution in [0.5, 0.6) is 0 Å². The van der Waals surface area contributed by atoms with Crippen molar-refractivity contribution in [3.63, 3.8) is 0 Å². The number of nitrogen functional groups attached to an aromatic ring is 1. The zero-order valence-electron chi connectivity index (χ0n) is 21.2. The van der Waals surface area contributed by atoms with E-state index in [0.29, 0.717) is 6.92 Å². The number of nitrogens with one attached hydrogen (secondary N) is 1. The number of likely N-dealkylation sites (tertiary alicyclic amines) is 1. The Morgan fingerprint density at radius 2 is 1.83 bits per heavy atom. The Labute approximate surface area is 232 Å². The third-order valence-electron chi connectivity index (χ3n) is 6.71. The molecule has 1 aromatic carbocycles. The van der Waals surface area contributed by atoms with Crippen LogP contribution in [0.4, 0.5) is 36.6 Å². The highest BCUT2D eigenvalue weighted by molar-refractivity contribution is 6.34. The number of nitrogens with zero attached hydrogens (tertiary/aromatic N) is 4. The van der Waals surface area contributed by atoms with Crippen LogP contribution in [0.2, 0.25) is 5.02 Å². The predicted octanol–water partition coefficient (Wildman–Crippen LogP) is 3.94. The number of benzene rings is 1. The van der Waals surface area contributed by atoms with Gasteiger partial charge in [0.15, 0.2) is 11.4 Å². The first-order chi connectivity index (χ1) is 18.8. The summed E-state index contributed by atoms with van der Waals surface area (Å²) in [6.07, 6.45) is -12.2. The Kier molecular flexibility index (Phi) is 7.62. The molecule has 2 aromatic heterocycles. The fourth-order valence-corrected chi connectivity index (χ4v) is 4.62. The van der Waals surface area contributed by atoms with Crippen molar-refractivity contribution in [2.75, 3.05) is 18.8 Å². The van der Waals surface area contributed by atoms with Gasteiger partial charge >= 0.3 is 12.4 Å². The number of nitrogens with two attached hydrogens (primary N) is 1. The molecule has 3 atom stereocenters. The van der Waals surface area contributed by atoms with Gasteiger partial charge in [0.05, 0.1) is 40.9 Å². The number of hydrogen-bond donors (Lipinski definition) is 3. The van der Waals surface area contributed by atoms with E-state index in [1.165, 1.54) is 13.0 Å². The largest absolute Gasteiger partial charge is 0.418 e. The highest BCUT2D eigenvalue weighted by atomic mass is 35.5. The molecular formula is C24H22ClF7N6O3. The second-order valence-corrected chi connectivity index (χ2v) is 10.2. The lowest BCUT2D eigenvalue weighted by Gasteiger charge is -2.27. The van der Waals surface area contributed by atoms with E-state index < -0.39 is 78.4 Å². The Bertz CT molecular complexity index is 1520. The molecule has 4 N–H and O–H groups in total. The Morgan fingerprint density at radius 3 is 2.44 bits per heavy atom. The second kappa shape index (κ2) is 10.3. The smallest absolute Gasteiger partial charge is 0.382 e. The van der Waals surface area contributed by atoms with Gasteiger partial charge in [-0.1, -0.05) is 11.6 Å². The number of aromatic nitrogens is 3. The van der Waals surface area contributed by atoms with Crippen molar-refractivity contribution in [2.45, 2.75) is 50.4 Å². The number of fused-ring (bicyclic) bond motifs is 1. The van der Waals surface area contributed by atoms with Gasteiger partial charge in [-0.25, -0.2) is 13.9 Å². The van der Waals surface area contributed by atoms with Gasteiger partial charge < -0.3 is 21.1 Å². The number of halogens is 8. The molecule has 0 aliphatic carbocycles. The second-order valence-electron chi connectivity index (χ2n) is 9.84. The zero-order chi connectivity index (χ0) is 30.7. The molecular weight excluding hydrogens is 589 g/mol. The Balaban J connectivity index is 1.61. The number of rotatable bonds is 5. The molecule has 0 radical (unpaired) electrons. The van der Waals surface area contributed by atoms with E-state index in [-0.39, 0.29) is 27.4 Å². The SMILES string of the molecule is Cc1cc(-c2cc(C(F)(F)F)c3c(N)ncnn23)cc(C(=O)N[C@@H]2CN(C(=O)CC(C)(O)C(F)(F)F)C[C@@H]2F)c1Cl. The molecule has 2 amide bonds. The van der Waals surface area contributed by atoms with Crippen LogP contribution in [0.1, 0.15) is 34.8 Å². The van der Waals surface area contributed by atoms with E-state index in [4.69, 9.17) is 17.3 Å². The standard InChI is InChI=1S/C24H22ClF7N6O3/c1-10-3-11(16-5-13(23(27,28)29)19-20(33)34-9-35-38(16)19)4-12(18(10)25)21(40)36-15-8-37(7-14(15)26)17(39)6-22(2,41)24(30,31)32/h3-5,9,14-15,41H,6-8H2,1-2H3,(H,36,40)(H2,33,34,35)/t14-,15+,22?/m0/s1. The van der Waals surface area contributed by atoms with Crippen molar-refractivity contribution in [3.05, 3.63) is 46.2 Å². The van der Waals surface area contributed by atoms with E-state index in [1.807, 2.05) is 0 Å². The van der Waals surface area contributed by atoms with Gasteiger partial charge in [-0.15, -0.1) is 0 Å². The molecule has 0 spiro atoms. The van der Waals surface area contributed by atoms with Crippen molar-refractivity contribution in [2.24, 2.45) is 0 Å². The summed E-state index contributed by atoms with van der Waals surface area (Å²) in [6.45, 7) is 0.760. The summed E-state index contributed by atoms with van der Waals surface area (Å²) in [5.74, 6) is -2.56. The van der Waals surface area contributed by atoms with E-state index in [9.17, 15) is 45.4 Å². The minimum absolute atomic E-state index is 0.0788. The highest BCUT2D eigenvalue weighted by Crippen LogP contribution is 2.40. The molecule has 41 heavy (non-hydrogen) atoms. The first-order valence-corrected chi connectivity index (χ1v) is 12.2. The van der Waals surface area contributed by atoms with Crippen LogP contribution in [-0.4, -0.2) is 73.5 Å². The van der Waals surface area contributed by atoms with E-state index in [0.717, 1.165) is 27.9 Å². The monoisotopic (exact) mass is 610 g/mol. The van der Waals surface area contributed by atoms with Gasteiger partial charge in [0, 0.05) is 12.1 Å². The number of aryl methyl sites for hydroxylation is 1. The molecule has 1 aliphatic heterocycles. The lowest BCUT2D eigenvalue weighted by Crippen LogP contribution is -2.47. The first-order valence-electron chi connectivity index (χ1n) is 11.8. The summed E-state index contributed by atoms with van der Waals surface area (Å²) in [5.41, 5.74) is 0.714. The number of aliphatic hydroxyl groups is 1. The topological polar surface area (TPSA) is 126 Å². The summed E-state index contributed by atoms with van der Waals surface area (Å²) in [6, 6.07) is 2.00. The van der Waals surface area contributed by atoms with Gasteiger partial charge in [0.1, 0.15) is 18.0 Å². The third kappa shape index (κ3) is 5.75. The molecule has 1 aliphatic rings. The molecule has 0 saturated carbocycles. The molecule has 3 aromatic rings. The van der Waals surface area contributed by atoms with Crippen LogP contribution in [0, 0.1) is 6.92 Å². The van der Waals surface area contributed by atoms with Crippen molar-refractivity contribution < 1.29 is 45.4 Å². The molecule has 4 rings (SSSR count). The summed E-state index contributed by atoms with van der Waals surface area (Å²) in [4.78, 5) is 29.8. The summed E-state index contributed by atoms with van der Waals surface area (Å²) < 4.78 is 95.7. The molecule has 3 heterocycles. The third-order valence-corrected chi connectivity index (χ3v) is 7.21. The summed E-state index contributed by atoms with van der Waals surface area (Å²) >= 11 is 6.30. The van der Waals surface area contributed by atoms with Crippen LogP contribution < -0.4 is 11.1 Å². The fraction of sp³-hybridized carbons (Fsp3) is 0.417. The average Bonchev–Trinajstić information content (AvgIpc) is 3.41. The van der Waals surface area contributed by atoms with Gasteiger partial charge in [-0.05, 0) is 37.6 Å². The van der Waals surface area contributed by atoms with Crippen molar-refractivity contribution in [1.82, 2.24) is 24.8 Å². The molecule has 222 valence electrons. The van der Waals surface area contributed by atoms with E-state index in [2.05, 4.69) is 15.4 Å². The molecule has 9 nitrogen and oxygen atoms in total.